The van der Waals surface area contributed by atoms with Crippen LogP contribution in [0.3, 0.4) is 0 Å². The summed E-state index contributed by atoms with van der Waals surface area (Å²) in [4.78, 5) is 4.49. The van der Waals surface area contributed by atoms with Crippen molar-refractivity contribution >= 4 is 93.2 Å². The lowest BCUT2D eigenvalue weighted by molar-refractivity contribution is 0.671. The Labute approximate surface area is 325 Å². The Morgan fingerprint density at radius 3 is 1.67 bits per heavy atom. The summed E-state index contributed by atoms with van der Waals surface area (Å²) in [6, 6.07) is 54.0. The van der Waals surface area contributed by atoms with Crippen LogP contribution in [0.1, 0.15) is 11.1 Å². The van der Waals surface area contributed by atoms with Crippen molar-refractivity contribution in [3.63, 3.8) is 0 Å². The smallest absolute Gasteiger partial charge is 0.234 e. The van der Waals surface area contributed by atoms with E-state index in [9.17, 15) is 5.26 Å². The Kier molecular flexibility index (Phi) is 6.30. The SMILES string of the molecule is [C-]#[N+]c1c(-n2c3ccccc3c3ccc4c5ccccc5oc4c32)ccc(-c2cc(C)cc(C#N)c2)c1-n1c2ccccc2c2ccc3c4ccccc4oc3c21. The van der Waals surface area contributed by atoms with Crippen LogP contribution in [-0.2, 0) is 0 Å². The van der Waals surface area contributed by atoms with E-state index in [1.165, 1.54) is 0 Å². The fourth-order valence-electron chi connectivity index (χ4n) is 9.27. The molecule has 0 N–H and O–H groups in total. The number of para-hydroxylation sites is 4. The van der Waals surface area contributed by atoms with Crippen LogP contribution in [0.25, 0.3) is 115 Å². The zero-order valence-electron chi connectivity index (χ0n) is 30.5. The average molecular weight is 729 g/mol. The quantitative estimate of drug-likeness (QED) is 0.170. The molecule has 0 radical (unpaired) electrons. The number of hydrogen-bond acceptors (Lipinski definition) is 3. The molecule has 0 aliphatic rings. The average Bonchev–Trinajstić information content (AvgIpc) is 4.00. The number of rotatable bonds is 3. The van der Waals surface area contributed by atoms with Crippen molar-refractivity contribution in [1.82, 2.24) is 9.13 Å². The van der Waals surface area contributed by atoms with Crippen LogP contribution >= 0.6 is 0 Å². The monoisotopic (exact) mass is 728 g/mol. The number of nitrogens with zero attached hydrogens (tertiary/aromatic N) is 4. The standard InChI is InChI=1S/C51H28N4O2/c1-29-25-30(28-52)27-31(26-29)32-23-24-43(54-41-15-7-3-11-33(41)37-19-21-39-35-13-5-9-17-44(35)56-50(39)48(37)54)46(53-2)47(32)55-42-16-8-4-12-34(42)38-20-22-40-36-14-6-10-18-45(36)57-51(40)49(38)55/h3-27H,1H3. The lowest BCUT2D eigenvalue weighted by Gasteiger charge is -2.20. The van der Waals surface area contributed by atoms with Crippen LogP contribution < -0.4 is 0 Å². The highest BCUT2D eigenvalue weighted by Gasteiger charge is 2.27. The van der Waals surface area contributed by atoms with Gasteiger partial charge in [0, 0.05) is 43.1 Å². The highest BCUT2D eigenvalue weighted by atomic mass is 16.3. The summed E-state index contributed by atoms with van der Waals surface area (Å²) >= 11 is 0. The minimum atomic E-state index is 0.457. The van der Waals surface area contributed by atoms with Gasteiger partial charge in [-0.2, -0.15) is 5.26 Å². The van der Waals surface area contributed by atoms with E-state index in [0.717, 1.165) is 110 Å². The van der Waals surface area contributed by atoms with Gasteiger partial charge >= 0.3 is 0 Å². The third-order valence-corrected chi connectivity index (χ3v) is 11.6. The number of hydrogen-bond donors (Lipinski definition) is 0. The predicted octanol–water partition coefficient (Wildman–Crippen LogP) is 14.1. The van der Waals surface area contributed by atoms with Crippen LogP contribution in [0.2, 0.25) is 0 Å². The predicted molar refractivity (Wildman–Crippen MR) is 231 cm³/mol. The number of benzene rings is 8. The molecule has 264 valence electrons. The van der Waals surface area contributed by atoms with Gasteiger partial charge in [0.05, 0.1) is 51.6 Å². The van der Waals surface area contributed by atoms with Crippen LogP contribution in [0.5, 0.6) is 0 Å². The fourth-order valence-corrected chi connectivity index (χ4v) is 9.27. The molecule has 12 rings (SSSR count). The number of fused-ring (bicyclic) bond motifs is 14. The summed E-state index contributed by atoms with van der Waals surface area (Å²) in [6.07, 6.45) is 0. The molecule has 0 unspecified atom stereocenters. The summed E-state index contributed by atoms with van der Waals surface area (Å²) < 4.78 is 17.9. The molecule has 57 heavy (non-hydrogen) atoms. The maximum atomic E-state index is 10.1. The van der Waals surface area contributed by atoms with Crippen molar-refractivity contribution in [1.29, 1.82) is 5.26 Å². The van der Waals surface area contributed by atoms with E-state index in [0.29, 0.717) is 16.9 Å². The van der Waals surface area contributed by atoms with E-state index in [-0.39, 0.29) is 0 Å². The third kappa shape index (κ3) is 4.21. The third-order valence-electron chi connectivity index (χ3n) is 11.6. The van der Waals surface area contributed by atoms with Crippen molar-refractivity contribution in [3.8, 4) is 28.6 Å². The van der Waals surface area contributed by atoms with Gasteiger partial charge < -0.3 is 18.0 Å². The van der Waals surface area contributed by atoms with Gasteiger partial charge in [0.15, 0.2) is 11.2 Å². The van der Waals surface area contributed by atoms with Crippen LogP contribution in [0.15, 0.2) is 160 Å². The second-order valence-corrected chi connectivity index (χ2v) is 14.7. The second kappa shape index (κ2) is 11.5. The maximum absolute atomic E-state index is 10.1. The molecule has 0 saturated carbocycles. The topological polar surface area (TPSA) is 64.3 Å². The molecule has 0 bridgehead atoms. The molecule has 4 aromatic heterocycles. The molecule has 8 aromatic carbocycles. The molecular formula is C51H28N4O2. The Hall–Kier alpha value is -8.06. The van der Waals surface area contributed by atoms with Gasteiger partial charge in [-0.05, 0) is 78.2 Å². The summed E-state index contributed by atoms with van der Waals surface area (Å²) in [5, 5.41) is 18.4. The fraction of sp³-hybridized carbons (Fsp3) is 0.0196. The molecule has 0 atom stereocenters. The van der Waals surface area contributed by atoms with E-state index in [1.54, 1.807) is 0 Å². The second-order valence-electron chi connectivity index (χ2n) is 14.7. The van der Waals surface area contributed by atoms with Crippen molar-refractivity contribution in [2.24, 2.45) is 0 Å². The number of aryl methyl sites for hydroxylation is 1. The first-order valence-corrected chi connectivity index (χ1v) is 18.9. The van der Waals surface area contributed by atoms with Crippen molar-refractivity contribution in [2.45, 2.75) is 6.92 Å². The van der Waals surface area contributed by atoms with Crippen molar-refractivity contribution in [3.05, 3.63) is 174 Å². The van der Waals surface area contributed by atoms with Gasteiger partial charge in [-0.1, -0.05) is 97.1 Å². The minimum absolute atomic E-state index is 0.457. The van der Waals surface area contributed by atoms with Gasteiger partial charge in [0.2, 0.25) is 5.69 Å². The van der Waals surface area contributed by atoms with Crippen molar-refractivity contribution < 1.29 is 8.83 Å². The number of nitriles is 1. The number of aromatic nitrogens is 2. The lowest BCUT2D eigenvalue weighted by Crippen LogP contribution is -2.03. The first-order chi connectivity index (χ1) is 28.1. The Balaban J connectivity index is 1.30. The normalized spacial score (nSPS) is 11.9. The molecule has 12 aromatic rings. The molecule has 0 spiro atoms. The van der Waals surface area contributed by atoms with E-state index in [1.807, 2.05) is 67.6 Å². The van der Waals surface area contributed by atoms with E-state index >= 15 is 0 Å². The zero-order chi connectivity index (χ0) is 37.9. The summed E-state index contributed by atoms with van der Waals surface area (Å²) in [5.41, 5.74) is 11.9. The first kappa shape index (κ1) is 31.3. The largest absolute Gasteiger partial charge is 0.454 e. The van der Waals surface area contributed by atoms with E-state index < -0.39 is 0 Å². The number of furan rings is 2. The van der Waals surface area contributed by atoms with Gasteiger partial charge in [-0.25, -0.2) is 4.85 Å². The molecule has 6 nitrogen and oxygen atoms in total. The van der Waals surface area contributed by atoms with Crippen molar-refractivity contribution in [2.75, 3.05) is 0 Å². The molecule has 0 saturated heterocycles. The highest BCUT2D eigenvalue weighted by Crippen LogP contribution is 2.49. The minimum Gasteiger partial charge on any atom is -0.454 e. The van der Waals surface area contributed by atoms with Gasteiger partial charge in [-0.3, -0.25) is 0 Å². The van der Waals surface area contributed by atoms with E-state index in [2.05, 4.69) is 111 Å². The lowest BCUT2D eigenvalue weighted by atomic mass is 9.97. The molecule has 0 aliphatic carbocycles. The van der Waals surface area contributed by atoms with Crippen LogP contribution in [0.4, 0.5) is 5.69 Å². The Morgan fingerprint density at radius 1 is 0.544 bits per heavy atom. The molecule has 0 aliphatic heterocycles. The van der Waals surface area contributed by atoms with Crippen LogP contribution in [0, 0.1) is 24.8 Å². The highest BCUT2D eigenvalue weighted by molar-refractivity contribution is 6.24. The Bertz CT molecular complexity index is 3800. The summed E-state index contributed by atoms with van der Waals surface area (Å²) in [7, 11) is 0. The maximum Gasteiger partial charge on any atom is 0.234 e. The molecule has 0 fully saturated rings. The molecule has 6 heteroatoms. The zero-order valence-corrected chi connectivity index (χ0v) is 30.5. The van der Waals surface area contributed by atoms with Gasteiger partial charge in [0.25, 0.3) is 0 Å². The summed E-state index contributed by atoms with van der Waals surface area (Å²) in [5.74, 6) is 0. The van der Waals surface area contributed by atoms with Gasteiger partial charge in [0.1, 0.15) is 11.2 Å². The van der Waals surface area contributed by atoms with Gasteiger partial charge in [-0.15, -0.1) is 0 Å². The molecular weight excluding hydrogens is 701 g/mol. The Morgan fingerprint density at radius 2 is 1.07 bits per heavy atom. The first-order valence-electron chi connectivity index (χ1n) is 18.9. The van der Waals surface area contributed by atoms with Crippen LogP contribution in [-0.4, -0.2) is 9.13 Å². The molecule has 4 heterocycles. The summed E-state index contributed by atoms with van der Waals surface area (Å²) in [6.45, 7) is 11.1. The van der Waals surface area contributed by atoms with E-state index in [4.69, 9.17) is 15.4 Å². The molecule has 0 amide bonds.